The number of fused-ring (bicyclic) bond motifs is 2. The third-order valence-corrected chi connectivity index (χ3v) is 5.82. The van der Waals surface area contributed by atoms with Gasteiger partial charge in [0.15, 0.2) is 0 Å². The monoisotopic (exact) mass is 308 g/mol. The Morgan fingerprint density at radius 3 is 2.79 bits per heavy atom. The minimum absolute atomic E-state index is 0.00866. The second-order valence-electron chi connectivity index (χ2n) is 4.62. The SMILES string of the molecule is O=C1O[C@H]2[C@@H](I)[C@H]3CC[C@H]2[C@H](CO)[C@@H]13. The fraction of sp³-hybridized carbons (Fsp3) is 0.900. The topological polar surface area (TPSA) is 46.5 Å². The lowest BCUT2D eigenvalue weighted by Gasteiger charge is -2.57. The molecule has 0 unspecified atom stereocenters. The molecule has 0 aromatic carbocycles. The molecule has 3 nitrogen and oxygen atoms in total. The maximum absolute atomic E-state index is 11.6. The van der Waals surface area contributed by atoms with Gasteiger partial charge in [-0.15, -0.1) is 0 Å². The van der Waals surface area contributed by atoms with Gasteiger partial charge in [0.05, 0.1) is 9.84 Å². The minimum atomic E-state index is -0.0529. The van der Waals surface area contributed by atoms with Gasteiger partial charge < -0.3 is 9.84 Å². The fourth-order valence-corrected chi connectivity index (χ4v) is 5.06. The van der Waals surface area contributed by atoms with Crippen molar-refractivity contribution in [3.05, 3.63) is 0 Å². The van der Waals surface area contributed by atoms with Crippen molar-refractivity contribution < 1.29 is 14.6 Å². The summed E-state index contributed by atoms with van der Waals surface area (Å²) in [6, 6.07) is 0. The molecule has 2 heterocycles. The van der Waals surface area contributed by atoms with Crippen molar-refractivity contribution in [3.63, 3.8) is 0 Å². The molecule has 2 saturated heterocycles. The molecule has 2 aliphatic heterocycles. The zero-order valence-electron chi connectivity index (χ0n) is 7.73. The van der Waals surface area contributed by atoms with E-state index < -0.39 is 0 Å². The summed E-state index contributed by atoms with van der Waals surface area (Å²) >= 11 is 2.42. The first kappa shape index (κ1) is 9.39. The van der Waals surface area contributed by atoms with Crippen molar-refractivity contribution in [2.75, 3.05) is 6.61 Å². The van der Waals surface area contributed by atoms with Gasteiger partial charge in [-0.3, -0.25) is 4.79 Å². The largest absolute Gasteiger partial charge is 0.461 e. The van der Waals surface area contributed by atoms with Crippen molar-refractivity contribution in [1.82, 2.24) is 0 Å². The van der Waals surface area contributed by atoms with E-state index in [9.17, 15) is 9.90 Å². The highest BCUT2D eigenvalue weighted by molar-refractivity contribution is 14.1. The van der Waals surface area contributed by atoms with Gasteiger partial charge in [-0.25, -0.2) is 0 Å². The van der Waals surface area contributed by atoms with Gasteiger partial charge >= 0.3 is 5.97 Å². The Kier molecular flexibility index (Phi) is 2.06. The highest BCUT2D eigenvalue weighted by atomic mass is 127. The van der Waals surface area contributed by atoms with E-state index in [4.69, 9.17) is 4.74 Å². The van der Waals surface area contributed by atoms with E-state index >= 15 is 0 Å². The van der Waals surface area contributed by atoms with Crippen molar-refractivity contribution in [3.8, 4) is 0 Å². The van der Waals surface area contributed by atoms with E-state index in [1.165, 1.54) is 0 Å². The standard InChI is InChI=1S/C10H13IO3/c11-8-5-2-1-4-6(3-12)7(5)10(13)14-9(4)8/h4-9,12H,1-3H2/t4-,5-,6-,7-,8-,9+/m0/s1. The van der Waals surface area contributed by atoms with Crippen LogP contribution in [0, 0.1) is 23.7 Å². The van der Waals surface area contributed by atoms with Crippen LogP contribution in [0.3, 0.4) is 0 Å². The molecule has 3 saturated carbocycles. The fourth-order valence-electron chi connectivity index (χ4n) is 3.57. The van der Waals surface area contributed by atoms with Crippen LogP contribution in [0.15, 0.2) is 0 Å². The van der Waals surface area contributed by atoms with Crippen molar-refractivity contribution in [2.45, 2.75) is 22.9 Å². The molecular weight excluding hydrogens is 295 g/mol. The lowest BCUT2D eigenvalue weighted by atomic mass is 9.56. The van der Waals surface area contributed by atoms with E-state index in [-0.39, 0.29) is 30.5 Å². The molecule has 5 fully saturated rings. The van der Waals surface area contributed by atoms with Gasteiger partial charge in [0.2, 0.25) is 0 Å². The van der Waals surface area contributed by atoms with E-state index in [0.717, 1.165) is 12.8 Å². The summed E-state index contributed by atoms with van der Waals surface area (Å²) in [7, 11) is 0. The Balaban J connectivity index is 2.01. The normalized spacial score (nSPS) is 54.9. The molecule has 78 valence electrons. The molecule has 0 spiro atoms. The summed E-state index contributed by atoms with van der Waals surface area (Å²) in [4.78, 5) is 11.6. The highest BCUT2D eigenvalue weighted by Gasteiger charge is 2.61. The first-order valence-corrected chi connectivity index (χ1v) is 6.44. The number of hydrogen-bond acceptors (Lipinski definition) is 3. The third-order valence-electron chi connectivity index (χ3n) is 4.19. The van der Waals surface area contributed by atoms with Crippen LogP contribution in [0.2, 0.25) is 0 Å². The molecule has 0 amide bonds. The number of carbonyl (C=O) groups excluding carboxylic acids is 1. The Hall–Kier alpha value is 0.160. The lowest BCUT2D eigenvalue weighted by Crippen LogP contribution is -2.64. The van der Waals surface area contributed by atoms with Gasteiger partial charge in [-0.1, -0.05) is 22.6 Å². The smallest absolute Gasteiger partial charge is 0.309 e. The van der Waals surface area contributed by atoms with Crippen molar-refractivity contribution >= 4 is 28.6 Å². The molecule has 3 aliphatic carbocycles. The second kappa shape index (κ2) is 3.07. The van der Waals surface area contributed by atoms with Crippen LogP contribution in [0.5, 0.6) is 0 Å². The maximum atomic E-state index is 11.6. The van der Waals surface area contributed by atoms with Gasteiger partial charge in [-0.2, -0.15) is 0 Å². The lowest BCUT2D eigenvalue weighted by molar-refractivity contribution is -0.205. The van der Waals surface area contributed by atoms with E-state index in [1.54, 1.807) is 0 Å². The average molecular weight is 308 g/mol. The van der Waals surface area contributed by atoms with Gasteiger partial charge in [0, 0.05) is 18.4 Å². The summed E-state index contributed by atoms with van der Waals surface area (Å²) in [5.41, 5.74) is 0. The molecule has 0 radical (unpaired) electrons. The molecule has 4 heteroatoms. The Morgan fingerprint density at radius 2 is 2.14 bits per heavy atom. The highest BCUT2D eigenvalue weighted by Crippen LogP contribution is 2.56. The Labute approximate surface area is 96.3 Å². The molecule has 0 aromatic heterocycles. The minimum Gasteiger partial charge on any atom is -0.461 e. The Morgan fingerprint density at radius 1 is 1.43 bits per heavy atom. The number of hydrogen-bond donors (Lipinski definition) is 1. The number of aliphatic hydroxyl groups excluding tert-OH is 1. The van der Waals surface area contributed by atoms with E-state index in [1.807, 2.05) is 0 Å². The number of halogens is 1. The number of esters is 1. The van der Waals surface area contributed by atoms with E-state index in [0.29, 0.717) is 15.8 Å². The third kappa shape index (κ3) is 0.988. The van der Waals surface area contributed by atoms with Gasteiger partial charge in [0.1, 0.15) is 6.10 Å². The average Bonchev–Trinajstić information content (AvgIpc) is 2.20. The van der Waals surface area contributed by atoms with Crippen molar-refractivity contribution in [1.29, 1.82) is 0 Å². The van der Waals surface area contributed by atoms with Crippen LogP contribution in [-0.2, 0) is 9.53 Å². The molecule has 1 N–H and O–H groups in total. The van der Waals surface area contributed by atoms with Crippen LogP contribution >= 0.6 is 22.6 Å². The summed E-state index contributed by atoms with van der Waals surface area (Å²) in [6.07, 6.45) is 2.36. The number of carbonyl (C=O) groups is 1. The molecule has 5 aliphatic rings. The molecule has 6 atom stereocenters. The zero-order valence-corrected chi connectivity index (χ0v) is 9.88. The molecule has 0 aromatic rings. The quantitative estimate of drug-likeness (QED) is 0.446. The van der Waals surface area contributed by atoms with Crippen LogP contribution < -0.4 is 0 Å². The number of aliphatic hydroxyl groups is 1. The Bertz CT molecular complexity index is 275. The summed E-state index contributed by atoms with van der Waals surface area (Å²) in [5, 5.41) is 9.33. The molecular formula is C10H13IO3. The predicted octanol–water partition coefficient (Wildman–Crippen LogP) is 0.980. The maximum Gasteiger partial charge on any atom is 0.309 e. The van der Waals surface area contributed by atoms with Crippen LogP contribution in [-0.4, -0.2) is 27.7 Å². The van der Waals surface area contributed by atoms with Gasteiger partial charge in [-0.05, 0) is 18.8 Å². The van der Waals surface area contributed by atoms with Crippen LogP contribution in [0.4, 0.5) is 0 Å². The predicted molar refractivity (Wildman–Crippen MR) is 58.0 cm³/mol. The van der Waals surface area contributed by atoms with Crippen LogP contribution in [0.25, 0.3) is 0 Å². The summed E-state index contributed by atoms with van der Waals surface area (Å²) in [5.74, 6) is 1.01. The van der Waals surface area contributed by atoms with Crippen LogP contribution in [0.1, 0.15) is 12.8 Å². The number of rotatable bonds is 1. The molecule has 5 rings (SSSR count). The molecule has 4 bridgehead atoms. The summed E-state index contributed by atoms with van der Waals surface area (Å²) < 4.78 is 5.89. The van der Waals surface area contributed by atoms with Crippen molar-refractivity contribution in [2.24, 2.45) is 23.7 Å². The van der Waals surface area contributed by atoms with Gasteiger partial charge in [0.25, 0.3) is 0 Å². The summed E-state index contributed by atoms with van der Waals surface area (Å²) in [6.45, 7) is 0.154. The first-order chi connectivity index (χ1) is 6.74. The second-order valence-corrected chi connectivity index (χ2v) is 6.06. The van der Waals surface area contributed by atoms with E-state index in [2.05, 4.69) is 22.6 Å². The number of alkyl halides is 1. The molecule has 14 heavy (non-hydrogen) atoms. The zero-order chi connectivity index (χ0) is 9.87. The first-order valence-electron chi connectivity index (χ1n) is 5.19. The number of ether oxygens (including phenoxy) is 1.